The van der Waals surface area contributed by atoms with Crippen molar-refractivity contribution >= 4 is 5.84 Å². The van der Waals surface area contributed by atoms with Crippen molar-refractivity contribution in [1.29, 1.82) is 0 Å². The van der Waals surface area contributed by atoms with Crippen molar-refractivity contribution in [3.63, 3.8) is 0 Å². The molecule has 0 spiro atoms. The maximum atomic E-state index is 9.53. The smallest absolute Gasteiger partial charge is 0.219 e. The molecule has 4 rings (SSSR count). The van der Waals surface area contributed by atoms with Crippen molar-refractivity contribution in [3.8, 4) is 17.3 Å². The molecule has 2 aromatic carbocycles. The van der Waals surface area contributed by atoms with E-state index in [9.17, 15) is 5.21 Å². The van der Waals surface area contributed by atoms with Gasteiger partial charge >= 0.3 is 0 Å². The SMILES string of the molecule is Cc1cc(C)cc(CN=C(NO)c2ccc(Oc3ccc(-n4ccnc4)cc3)nc2)c1. The van der Waals surface area contributed by atoms with E-state index in [1.165, 1.54) is 11.1 Å². The van der Waals surface area contributed by atoms with Crippen molar-refractivity contribution in [3.05, 3.63) is 102 Å². The van der Waals surface area contributed by atoms with Gasteiger partial charge in [0.1, 0.15) is 5.75 Å². The van der Waals surface area contributed by atoms with E-state index in [4.69, 9.17) is 4.74 Å². The first kappa shape index (κ1) is 20.3. The highest BCUT2D eigenvalue weighted by Gasteiger charge is 2.06. The molecule has 2 N–H and O–H groups in total. The summed E-state index contributed by atoms with van der Waals surface area (Å²) in [5.74, 6) is 1.47. The van der Waals surface area contributed by atoms with Crippen molar-refractivity contribution in [2.75, 3.05) is 0 Å². The fourth-order valence-corrected chi connectivity index (χ4v) is 3.32. The molecule has 0 aliphatic carbocycles. The van der Waals surface area contributed by atoms with Gasteiger partial charge in [-0.05, 0) is 49.7 Å². The van der Waals surface area contributed by atoms with Crippen LogP contribution in [0.15, 0.2) is 84.5 Å². The predicted octanol–water partition coefficient (Wildman–Crippen LogP) is 4.60. The number of hydrogen-bond acceptors (Lipinski definition) is 5. The van der Waals surface area contributed by atoms with Crippen molar-refractivity contribution in [2.45, 2.75) is 20.4 Å². The fourth-order valence-electron chi connectivity index (χ4n) is 3.32. The zero-order valence-corrected chi connectivity index (χ0v) is 17.4. The Morgan fingerprint density at radius 2 is 1.84 bits per heavy atom. The lowest BCUT2D eigenvalue weighted by Gasteiger charge is -2.09. The average Bonchev–Trinajstić information content (AvgIpc) is 3.30. The van der Waals surface area contributed by atoms with E-state index >= 15 is 0 Å². The van der Waals surface area contributed by atoms with Crippen LogP contribution in [0, 0.1) is 13.8 Å². The number of benzene rings is 2. The Morgan fingerprint density at radius 3 is 2.45 bits per heavy atom. The summed E-state index contributed by atoms with van der Waals surface area (Å²) in [4.78, 5) is 12.9. The van der Waals surface area contributed by atoms with Crippen LogP contribution in [-0.2, 0) is 6.54 Å². The summed E-state index contributed by atoms with van der Waals surface area (Å²) in [6.07, 6.45) is 6.96. The van der Waals surface area contributed by atoms with Gasteiger partial charge in [0, 0.05) is 35.9 Å². The molecule has 0 aliphatic rings. The molecule has 7 nitrogen and oxygen atoms in total. The lowest BCUT2D eigenvalue weighted by Crippen LogP contribution is -2.20. The topological polar surface area (TPSA) is 84.6 Å². The van der Waals surface area contributed by atoms with Crippen LogP contribution in [0.3, 0.4) is 0 Å². The number of hydrogen-bond donors (Lipinski definition) is 2. The van der Waals surface area contributed by atoms with Crippen molar-refractivity contribution in [2.24, 2.45) is 4.99 Å². The third-order valence-electron chi connectivity index (χ3n) is 4.68. The molecule has 0 aliphatic heterocycles. The van der Waals surface area contributed by atoms with Crippen LogP contribution in [0.5, 0.6) is 11.6 Å². The molecule has 0 atom stereocenters. The number of nitrogens with zero attached hydrogens (tertiary/aromatic N) is 4. The van der Waals surface area contributed by atoms with Gasteiger partial charge in [-0.25, -0.2) is 9.97 Å². The van der Waals surface area contributed by atoms with Gasteiger partial charge in [0.05, 0.1) is 12.9 Å². The quantitative estimate of drug-likeness (QED) is 0.274. The van der Waals surface area contributed by atoms with Crippen molar-refractivity contribution < 1.29 is 9.94 Å². The second kappa shape index (κ2) is 9.23. The van der Waals surface area contributed by atoms with E-state index < -0.39 is 0 Å². The monoisotopic (exact) mass is 413 g/mol. The predicted molar refractivity (Wildman–Crippen MR) is 119 cm³/mol. The van der Waals surface area contributed by atoms with E-state index in [-0.39, 0.29) is 0 Å². The number of amidine groups is 1. The molecule has 2 heterocycles. The second-order valence-electron chi connectivity index (χ2n) is 7.22. The van der Waals surface area contributed by atoms with Gasteiger partial charge in [-0.2, -0.15) is 0 Å². The third kappa shape index (κ3) is 5.15. The van der Waals surface area contributed by atoms with E-state index in [1.807, 2.05) is 35.0 Å². The van der Waals surface area contributed by atoms with Crippen LogP contribution in [0.2, 0.25) is 0 Å². The first-order chi connectivity index (χ1) is 15.1. The first-order valence-electron chi connectivity index (χ1n) is 9.85. The summed E-state index contributed by atoms with van der Waals surface area (Å²) < 4.78 is 7.73. The van der Waals surface area contributed by atoms with Gasteiger partial charge in [-0.1, -0.05) is 29.3 Å². The second-order valence-corrected chi connectivity index (χ2v) is 7.22. The Bertz CT molecular complexity index is 1150. The molecule has 0 saturated heterocycles. The highest BCUT2D eigenvalue weighted by atomic mass is 16.5. The van der Waals surface area contributed by atoms with Crippen LogP contribution < -0.4 is 10.2 Å². The van der Waals surface area contributed by atoms with Crippen LogP contribution >= 0.6 is 0 Å². The van der Waals surface area contributed by atoms with Crippen LogP contribution in [0.25, 0.3) is 5.69 Å². The van der Waals surface area contributed by atoms with Gasteiger partial charge < -0.3 is 9.30 Å². The van der Waals surface area contributed by atoms with E-state index in [0.717, 1.165) is 11.3 Å². The minimum absolute atomic E-state index is 0.350. The van der Waals surface area contributed by atoms with Crippen LogP contribution in [0.4, 0.5) is 0 Å². The Kier molecular flexibility index (Phi) is 6.05. The minimum atomic E-state index is 0.350. The summed E-state index contributed by atoms with van der Waals surface area (Å²) in [6.45, 7) is 4.56. The van der Waals surface area contributed by atoms with Gasteiger partial charge in [0.15, 0.2) is 5.84 Å². The summed E-state index contributed by atoms with van der Waals surface area (Å²) in [5, 5.41) is 9.53. The van der Waals surface area contributed by atoms with E-state index in [1.54, 1.807) is 30.9 Å². The standard InChI is InChI=1S/C24H23N5O2/c1-17-11-18(2)13-19(12-17)14-27-24(28-30)20-3-8-23(26-15-20)31-22-6-4-21(5-7-22)29-10-9-25-16-29/h3-13,15-16,30H,14H2,1-2H3,(H,27,28). The molecule has 4 aromatic rings. The summed E-state index contributed by atoms with van der Waals surface area (Å²) >= 11 is 0. The fraction of sp³-hybridized carbons (Fsp3) is 0.125. The largest absolute Gasteiger partial charge is 0.439 e. The van der Waals surface area contributed by atoms with E-state index in [2.05, 4.69) is 52.5 Å². The lowest BCUT2D eigenvalue weighted by atomic mass is 10.1. The lowest BCUT2D eigenvalue weighted by molar-refractivity contribution is 0.234. The third-order valence-corrected chi connectivity index (χ3v) is 4.68. The Labute approximate surface area is 180 Å². The average molecular weight is 413 g/mol. The van der Waals surface area contributed by atoms with Crippen LogP contribution in [-0.4, -0.2) is 25.6 Å². The Balaban J connectivity index is 1.43. The zero-order chi connectivity index (χ0) is 21.6. The molecule has 0 saturated carbocycles. The van der Waals surface area contributed by atoms with Gasteiger partial charge in [-0.15, -0.1) is 0 Å². The molecule has 7 heteroatoms. The number of imidazole rings is 1. The van der Waals surface area contributed by atoms with Gasteiger partial charge in [-0.3, -0.25) is 15.7 Å². The van der Waals surface area contributed by atoms with Crippen LogP contribution in [0.1, 0.15) is 22.3 Å². The molecule has 0 bridgehead atoms. The number of nitrogens with one attached hydrogen (secondary N) is 1. The minimum Gasteiger partial charge on any atom is -0.439 e. The molecule has 0 radical (unpaired) electrons. The summed E-state index contributed by atoms with van der Waals surface area (Å²) in [5.41, 5.74) is 7.27. The molecule has 31 heavy (non-hydrogen) atoms. The van der Waals surface area contributed by atoms with E-state index in [0.29, 0.717) is 29.6 Å². The molecular weight excluding hydrogens is 390 g/mol. The number of aliphatic imine (C=N–C) groups is 1. The molecular formula is C24H23N5O2. The molecule has 0 amide bonds. The normalized spacial score (nSPS) is 11.4. The Morgan fingerprint density at radius 1 is 1.06 bits per heavy atom. The highest BCUT2D eigenvalue weighted by Crippen LogP contribution is 2.21. The number of hydroxylamine groups is 1. The number of pyridine rings is 1. The zero-order valence-electron chi connectivity index (χ0n) is 17.4. The van der Waals surface area contributed by atoms with Gasteiger partial charge in [0.2, 0.25) is 5.88 Å². The molecule has 0 fully saturated rings. The number of aryl methyl sites for hydroxylation is 2. The van der Waals surface area contributed by atoms with Crippen molar-refractivity contribution in [1.82, 2.24) is 20.0 Å². The molecule has 2 aromatic heterocycles. The van der Waals surface area contributed by atoms with Gasteiger partial charge in [0.25, 0.3) is 0 Å². The number of rotatable bonds is 6. The number of ether oxygens (including phenoxy) is 1. The first-order valence-corrected chi connectivity index (χ1v) is 9.85. The number of aromatic nitrogens is 3. The highest BCUT2D eigenvalue weighted by molar-refractivity contribution is 5.97. The summed E-state index contributed by atoms with van der Waals surface area (Å²) in [6, 6.07) is 17.4. The maximum Gasteiger partial charge on any atom is 0.219 e. The molecule has 0 unspecified atom stereocenters. The Hall–Kier alpha value is -3.97. The summed E-state index contributed by atoms with van der Waals surface area (Å²) in [7, 11) is 0. The molecule has 156 valence electrons. The maximum absolute atomic E-state index is 9.53.